The molecule has 1 heterocycles. The van der Waals surface area contributed by atoms with E-state index in [0.29, 0.717) is 5.69 Å². The first kappa shape index (κ1) is 10.8. The van der Waals surface area contributed by atoms with Crippen molar-refractivity contribution in [3.05, 3.63) is 11.9 Å². The zero-order chi connectivity index (χ0) is 10.9. The van der Waals surface area contributed by atoms with E-state index in [-0.39, 0.29) is 5.78 Å². The van der Waals surface area contributed by atoms with Crippen molar-refractivity contribution >= 4 is 5.78 Å². The zero-order valence-corrected chi connectivity index (χ0v) is 9.27. The van der Waals surface area contributed by atoms with Gasteiger partial charge in [0, 0.05) is 7.05 Å². The maximum absolute atomic E-state index is 12.0. The van der Waals surface area contributed by atoms with Crippen LogP contribution in [0.5, 0.6) is 0 Å². The Hall–Kier alpha value is -1.23. The number of carbonyl (C=O) groups excluding carboxylic acids is 1. The van der Waals surface area contributed by atoms with Crippen LogP contribution < -0.4 is 0 Å². The summed E-state index contributed by atoms with van der Waals surface area (Å²) in [6, 6.07) is 0. The van der Waals surface area contributed by atoms with Crippen LogP contribution in [-0.4, -0.2) is 45.3 Å². The van der Waals surface area contributed by atoms with E-state index in [1.807, 2.05) is 32.8 Å². The minimum absolute atomic E-state index is 0.0180. The average Bonchev–Trinajstić information content (AvgIpc) is 2.50. The highest BCUT2D eigenvalue weighted by Gasteiger charge is 2.32. The molecule has 5 heteroatoms. The topological polar surface area (TPSA) is 51.0 Å². The van der Waals surface area contributed by atoms with Gasteiger partial charge in [-0.1, -0.05) is 0 Å². The fourth-order valence-electron chi connectivity index (χ4n) is 0.966. The lowest BCUT2D eigenvalue weighted by molar-refractivity contribution is 0.0749. The van der Waals surface area contributed by atoms with Crippen LogP contribution in [0.25, 0.3) is 0 Å². The van der Waals surface area contributed by atoms with Gasteiger partial charge >= 0.3 is 0 Å². The Morgan fingerprint density at radius 2 is 2.07 bits per heavy atom. The first-order valence-electron chi connectivity index (χ1n) is 4.44. The molecule has 0 saturated heterocycles. The first-order valence-corrected chi connectivity index (χ1v) is 4.44. The van der Waals surface area contributed by atoms with Crippen LogP contribution in [0, 0.1) is 0 Å². The number of nitrogens with zero attached hydrogens (tertiary/aromatic N) is 4. The van der Waals surface area contributed by atoms with E-state index in [4.69, 9.17) is 0 Å². The molecule has 0 aliphatic rings. The molecule has 0 aliphatic heterocycles. The highest BCUT2D eigenvalue weighted by molar-refractivity contribution is 6.00. The Kier molecular flexibility index (Phi) is 2.71. The second-order valence-electron chi connectivity index (χ2n) is 4.00. The molecule has 0 saturated carbocycles. The molecule has 0 atom stereocenters. The van der Waals surface area contributed by atoms with E-state index < -0.39 is 5.54 Å². The third kappa shape index (κ3) is 1.82. The lowest BCUT2D eigenvalue weighted by atomic mass is 9.96. The maximum Gasteiger partial charge on any atom is 0.204 e. The SMILES string of the molecule is CN(C)C(C)(C)C(=O)c1cnn(C)n1. The van der Waals surface area contributed by atoms with Crippen LogP contribution in [0.4, 0.5) is 0 Å². The number of hydrogen-bond acceptors (Lipinski definition) is 4. The molecular formula is C9H16N4O. The predicted molar refractivity (Wildman–Crippen MR) is 53.1 cm³/mol. The van der Waals surface area contributed by atoms with E-state index in [2.05, 4.69) is 10.2 Å². The summed E-state index contributed by atoms with van der Waals surface area (Å²) >= 11 is 0. The molecule has 5 nitrogen and oxygen atoms in total. The molecule has 0 spiro atoms. The van der Waals surface area contributed by atoms with Crippen LogP contribution in [0.15, 0.2) is 6.20 Å². The summed E-state index contributed by atoms with van der Waals surface area (Å²) in [4.78, 5) is 15.2. The second-order valence-corrected chi connectivity index (χ2v) is 4.00. The van der Waals surface area contributed by atoms with Crippen LogP contribution in [0.3, 0.4) is 0 Å². The Bertz CT molecular complexity index is 340. The molecule has 0 radical (unpaired) electrons. The largest absolute Gasteiger partial charge is 0.297 e. The molecule has 1 rings (SSSR count). The van der Waals surface area contributed by atoms with E-state index >= 15 is 0 Å². The Balaban J connectivity index is 2.96. The molecule has 0 N–H and O–H groups in total. The van der Waals surface area contributed by atoms with E-state index in [1.165, 1.54) is 11.0 Å². The molecular weight excluding hydrogens is 180 g/mol. The normalized spacial score (nSPS) is 12.1. The van der Waals surface area contributed by atoms with Crippen LogP contribution in [0.1, 0.15) is 24.3 Å². The molecule has 14 heavy (non-hydrogen) atoms. The molecule has 0 fully saturated rings. The highest BCUT2D eigenvalue weighted by atomic mass is 16.1. The van der Waals surface area contributed by atoms with Crippen molar-refractivity contribution in [2.24, 2.45) is 7.05 Å². The van der Waals surface area contributed by atoms with Gasteiger partial charge in [-0.3, -0.25) is 9.69 Å². The second kappa shape index (κ2) is 3.49. The lowest BCUT2D eigenvalue weighted by Crippen LogP contribution is -2.45. The number of ketones is 1. The van der Waals surface area contributed by atoms with Gasteiger partial charge in [0.1, 0.15) is 0 Å². The summed E-state index contributed by atoms with van der Waals surface area (Å²) < 4.78 is 0. The molecule has 0 aromatic carbocycles. The summed E-state index contributed by atoms with van der Waals surface area (Å²) in [5.74, 6) is -0.0180. The summed E-state index contributed by atoms with van der Waals surface area (Å²) in [6.45, 7) is 3.73. The van der Waals surface area contributed by atoms with Gasteiger partial charge in [-0.05, 0) is 27.9 Å². The van der Waals surface area contributed by atoms with Crippen molar-refractivity contribution in [3.63, 3.8) is 0 Å². The smallest absolute Gasteiger partial charge is 0.204 e. The van der Waals surface area contributed by atoms with Gasteiger partial charge in [-0.15, -0.1) is 0 Å². The molecule has 0 bridgehead atoms. The Labute approximate surface area is 83.7 Å². The van der Waals surface area contributed by atoms with Gasteiger partial charge in [-0.25, -0.2) is 0 Å². The average molecular weight is 196 g/mol. The standard InChI is InChI=1S/C9H16N4O/c1-9(2,12(3)4)8(14)7-6-10-13(5)11-7/h6H,1-5H3. The van der Waals surface area contributed by atoms with Crippen LogP contribution in [-0.2, 0) is 7.05 Å². The Morgan fingerprint density at radius 3 is 2.43 bits per heavy atom. The molecule has 78 valence electrons. The van der Waals surface area contributed by atoms with E-state index in [9.17, 15) is 4.79 Å². The van der Waals surface area contributed by atoms with Crippen LogP contribution >= 0.6 is 0 Å². The van der Waals surface area contributed by atoms with Gasteiger partial charge in [0.2, 0.25) is 5.78 Å². The zero-order valence-electron chi connectivity index (χ0n) is 9.27. The van der Waals surface area contributed by atoms with Gasteiger partial charge in [0.15, 0.2) is 5.69 Å². The fourth-order valence-corrected chi connectivity index (χ4v) is 0.966. The summed E-state index contributed by atoms with van der Waals surface area (Å²) in [5.41, 5.74) is -0.137. The van der Waals surface area contributed by atoms with Crippen LogP contribution in [0.2, 0.25) is 0 Å². The van der Waals surface area contributed by atoms with E-state index in [1.54, 1.807) is 7.05 Å². The minimum atomic E-state index is -0.546. The number of carbonyl (C=O) groups is 1. The number of aryl methyl sites for hydroxylation is 1. The quantitative estimate of drug-likeness (QED) is 0.654. The van der Waals surface area contributed by atoms with Crippen molar-refractivity contribution in [2.45, 2.75) is 19.4 Å². The number of aromatic nitrogens is 3. The first-order chi connectivity index (χ1) is 6.35. The number of likely N-dealkylation sites (N-methyl/N-ethyl adjacent to an activating group) is 1. The maximum atomic E-state index is 12.0. The monoisotopic (exact) mass is 196 g/mol. The van der Waals surface area contributed by atoms with E-state index in [0.717, 1.165) is 0 Å². The molecule has 1 aromatic heterocycles. The third-order valence-corrected chi connectivity index (χ3v) is 2.51. The molecule has 1 aromatic rings. The van der Waals surface area contributed by atoms with Gasteiger partial charge in [-0.2, -0.15) is 15.0 Å². The summed E-state index contributed by atoms with van der Waals surface area (Å²) in [7, 11) is 5.43. The molecule has 0 amide bonds. The number of Topliss-reactive ketones (excluding diaryl/α,β-unsaturated/α-hetero) is 1. The van der Waals surface area contributed by atoms with Gasteiger partial charge < -0.3 is 0 Å². The third-order valence-electron chi connectivity index (χ3n) is 2.51. The van der Waals surface area contributed by atoms with Gasteiger partial charge in [0.05, 0.1) is 11.7 Å². The highest BCUT2D eigenvalue weighted by Crippen LogP contribution is 2.15. The van der Waals surface area contributed by atoms with Crippen molar-refractivity contribution in [3.8, 4) is 0 Å². The fraction of sp³-hybridized carbons (Fsp3) is 0.667. The summed E-state index contributed by atoms with van der Waals surface area (Å²) in [5, 5.41) is 7.87. The van der Waals surface area contributed by atoms with Crippen molar-refractivity contribution in [2.75, 3.05) is 14.1 Å². The molecule has 0 aliphatic carbocycles. The Morgan fingerprint density at radius 1 is 1.50 bits per heavy atom. The van der Waals surface area contributed by atoms with Crippen molar-refractivity contribution in [1.29, 1.82) is 0 Å². The summed E-state index contributed by atoms with van der Waals surface area (Å²) in [6.07, 6.45) is 1.49. The number of rotatable bonds is 3. The minimum Gasteiger partial charge on any atom is -0.297 e. The van der Waals surface area contributed by atoms with Gasteiger partial charge in [0.25, 0.3) is 0 Å². The number of hydrogen-bond donors (Lipinski definition) is 0. The molecule has 0 unspecified atom stereocenters. The van der Waals surface area contributed by atoms with Crippen molar-refractivity contribution in [1.82, 2.24) is 19.9 Å². The lowest BCUT2D eigenvalue weighted by Gasteiger charge is -2.29. The predicted octanol–water partition coefficient (Wildman–Crippen LogP) is 0.338. The van der Waals surface area contributed by atoms with Crippen molar-refractivity contribution < 1.29 is 4.79 Å².